The lowest BCUT2D eigenvalue weighted by Crippen LogP contribution is -1.90. The van der Waals surface area contributed by atoms with E-state index in [0.29, 0.717) is 28.7 Å². The number of nitrogens with zero attached hydrogens (tertiary/aromatic N) is 3. The maximum Gasteiger partial charge on any atom is 0.257 e. The number of anilines is 1. The average molecular weight is 302 g/mol. The van der Waals surface area contributed by atoms with Crippen LogP contribution in [0, 0.1) is 5.82 Å². The lowest BCUT2D eigenvalue weighted by Gasteiger charge is -2.01. The monoisotopic (exact) mass is 302 g/mol. The lowest BCUT2D eigenvalue weighted by atomic mass is 10.2. The topological polar surface area (TPSA) is 77.8 Å². The Morgan fingerprint density at radius 2 is 2.00 bits per heavy atom. The second-order valence-electron chi connectivity index (χ2n) is 4.22. The molecule has 7 heteroatoms. The van der Waals surface area contributed by atoms with Crippen molar-refractivity contribution >= 4 is 17.4 Å². The van der Waals surface area contributed by atoms with E-state index < -0.39 is 0 Å². The first-order valence-electron chi connectivity index (χ1n) is 6.13. The van der Waals surface area contributed by atoms with E-state index in [2.05, 4.69) is 15.1 Å². The predicted octanol–water partition coefficient (Wildman–Crippen LogP) is 3.15. The van der Waals surface area contributed by atoms with Gasteiger partial charge in [0.05, 0.1) is 17.6 Å². The van der Waals surface area contributed by atoms with E-state index in [4.69, 9.17) is 10.3 Å². The van der Waals surface area contributed by atoms with Crippen molar-refractivity contribution in [3.63, 3.8) is 0 Å². The number of nitrogens with two attached hydrogens (primary N) is 1. The first-order chi connectivity index (χ1) is 10.2. The number of benzene rings is 1. The van der Waals surface area contributed by atoms with E-state index in [1.165, 1.54) is 23.9 Å². The maximum absolute atomic E-state index is 12.9. The normalized spacial score (nSPS) is 10.7. The van der Waals surface area contributed by atoms with Crippen molar-refractivity contribution in [2.45, 2.75) is 10.6 Å². The van der Waals surface area contributed by atoms with Gasteiger partial charge >= 0.3 is 0 Å². The van der Waals surface area contributed by atoms with Crippen LogP contribution in [-0.4, -0.2) is 15.1 Å². The van der Waals surface area contributed by atoms with Gasteiger partial charge in [-0.05, 0) is 30.3 Å². The van der Waals surface area contributed by atoms with E-state index in [1.807, 2.05) is 6.07 Å². The molecule has 0 bridgehead atoms. The van der Waals surface area contributed by atoms with E-state index >= 15 is 0 Å². The summed E-state index contributed by atoms with van der Waals surface area (Å²) in [5.74, 6) is 1.14. The third-order valence-electron chi connectivity index (χ3n) is 2.73. The van der Waals surface area contributed by atoms with Crippen LogP contribution in [0.4, 0.5) is 10.1 Å². The van der Waals surface area contributed by atoms with Gasteiger partial charge in [0.1, 0.15) is 5.82 Å². The number of rotatable bonds is 4. The highest BCUT2D eigenvalue weighted by Gasteiger charge is 2.10. The Labute approximate surface area is 124 Å². The maximum atomic E-state index is 12.9. The molecule has 3 rings (SSSR count). The van der Waals surface area contributed by atoms with Crippen molar-refractivity contribution < 1.29 is 8.91 Å². The largest absolute Gasteiger partial charge is 0.397 e. The summed E-state index contributed by atoms with van der Waals surface area (Å²) in [6.07, 6.45) is 3.28. The van der Waals surface area contributed by atoms with Crippen LogP contribution >= 0.6 is 11.8 Å². The molecule has 0 aliphatic rings. The summed E-state index contributed by atoms with van der Waals surface area (Å²) in [7, 11) is 0. The van der Waals surface area contributed by atoms with E-state index in [1.54, 1.807) is 24.5 Å². The number of thioether (sulfide) groups is 1. The van der Waals surface area contributed by atoms with Gasteiger partial charge < -0.3 is 10.3 Å². The van der Waals surface area contributed by atoms with Crippen LogP contribution in [0.3, 0.4) is 0 Å². The van der Waals surface area contributed by atoms with Gasteiger partial charge in [-0.1, -0.05) is 5.16 Å². The molecular formula is C14H11FN4OS. The van der Waals surface area contributed by atoms with Crippen LogP contribution in [0.15, 0.2) is 52.1 Å². The molecule has 2 heterocycles. The van der Waals surface area contributed by atoms with Crippen LogP contribution in [0.5, 0.6) is 0 Å². The minimum Gasteiger partial charge on any atom is -0.397 e. The highest BCUT2D eigenvalue weighted by molar-refractivity contribution is 7.98. The van der Waals surface area contributed by atoms with Gasteiger partial charge in [0, 0.05) is 16.7 Å². The Hall–Kier alpha value is -2.41. The van der Waals surface area contributed by atoms with Crippen LogP contribution in [0.1, 0.15) is 5.82 Å². The van der Waals surface area contributed by atoms with Crippen LogP contribution in [-0.2, 0) is 5.75 Å². The number of pyridine rings is 1. The van der Waals surface area contributed by atoms with Crippen LogP contribution < -0.4 is 5.73 Å². The quantitative estimate of drug-likeness (QED) is 0.746. The Kier molecular flexibility index (Phi) is 3.83. The van der Waals surface area contributed by atoms with Gasteiger partial charge in [0.15, 0.2) is 5.82 Å². The van der Waals surface area contributed by atoms with Gasteiger partial charge in [-0.25, -0.2) is 4.39 Å². The van der Waals surface area contributed by atoms with Gasteiger partial charge in [-0.3, -0.25) is 4.98 Å². The molecule has 3 aromatic rings. The second kappa shape index (κ2) is 5.92. The summed E-state index contributed by atoms with van der Waals surface area (Å²) in [5.41, 5.74) is 7.11. The summed E-state index contributed by atoms with van der Waals surface area (Å²) in [4.78, 5) is 9.12. The molecule has 5 nitrogen and oxygen atoms in total. The number of hydrogen-bond donors (Lipinski definition) is 1. The zero-order chi connectivity index (χ0) is 14.7. The molecule has 0 amide bonds. The summed E-state index contributed by atoms with van der Waals surface area (Å²) < 4.78 is 18.0. The Morgan fingerprint density at radius 1 is 1.19 bits per heavy atom. The minimum atomic E-state index is -0.304. The number of halogens is 1. The summed E-state index contributed by atoms with van der Waals surface area (Å²) in [5, 5.41) is 3.90. The second-order valence-corrected chi connectivity index (χ2v) is 5.24. The molecule has 0 unspecified atom stereocenters. The molecule has 0 spiro atoms. The van der Waals surface area contributed by atoms with Crippen LogP contribution in [0.25, 0.3) is 11.5 Å². The van der Waals surface area contributed by atoms with Crippen molar-refractivity contribution in [1.82, 2.24) is 15.1 Å². The van der Waals surface area contributed by atoms with Gasteiger partial charge in [0.2, 0.25) is 0 Å². The zero-order valence-electron chi connectivity index (χ0n) is 10.9. The first-order valence-corrected chi connectivity index (χ1v) is 7.12. The Morgan fingerprint density at radius 3 is 2.76 bits per heavy atom. The van der Waals surface area contributed by atoms with Gasteiger partial charge in [-0.15, -0.1) is 11.8 Å². The zero-order valence-corrected chi connectivity index (χ0v) is 11.7. The standard InChI is InChI=1S/C14H11FN4OS/c15-10-3-1-9(2-4-10)14-18-13(19-20-14)8-21-12-5-6-17-7-11(12)16/h1-7H,8,16H2. The minimum absolute atomic E-state index is 0.304. The van der Waals surface area contributed by atoms with Crippen molar-refractivity contribution in [1.29, 1.82) is 0 Å². The molecule has 21 heavy (non-hydrogen) atoms. The van der Waals surface area contributed by atoms with Gasteiger partial charge in [0.25, 0.3) is 5.89 Å². The molecular weight excluding hydrogens is 291 g/mol. The van der Waals surface area contributed by atoms with Crippen LogP contribution in [0.2, 0.25) is 0 Å². The molecule has 1 aromatic carbocycles. The third-order valence-corrected chi connectivity index (χ3v) is 3.81. The molecule has 0 fully saturated rings. The molecule has 2 N–H and O–H groups in total. The summed E-state index contributed by atoms with van der Waals surface area (Å²) in [6, 6.07) is 7.74. The molecule has 0 saturated heterocycles. The Balaban J connectivity index is 1.71. The molecule has 106 valence electrons. The molecule has 0 atom stereocenters. The number of nitrogen functional groups attached to an aromatic ring is 1. The van der Waals surface area contributed by atoms with E-state index in [0.717, 1.165) is 4.90 Å². The lowest BCUT2D eigenvalue weighted by molar-refractivity contribution is 0.425. The highest BCUT2D eigenvalue weighted by atomic mass is 32.2. The average Bonchev–Trinajstić information content (AvgIpc) is 2.96. The smallest absolute Gasteiger partial charge is 0.257 e. The first kappa shape index (κ1) is 13.6. The number of hydrogen-bond acceptors (Lipinski definition) is 6. The summed E-state index contributed by atoms with van der Waals surface area (Å²) in [6.45, 7) is 0. The fourth-order valence-electron chi connectivity index (χ4n) is 1.69. The predicted molar refractivity (Wildman–Crippen MR) is 77.9 cm³/mol. The summed E-state index contributed by atoms with van der Waals surface area (Å²) >= 11 is 1.50. The van der Waals surface area contributed by atoms with Crippen molar-refractivity contribution in [3.05, 3.63) is 54.4 Å². The van der Waals surface area contributed by atoms with Crippen molar-refractivity contribution in [3.8, 4) is 11.5 Å². The molecule has 0 aliphatic carbocycles. The fraction of sp³-hybridized carbons (Fsp3) is 0.0714. The van der Waals surface area contributed by atoms with E-state index in [-0.39, 0.29) is 5.82 Å². The third kappa shape index (κ3) is 3.19. The van der Waals surface area contributed by atoms with Gasteiger partial charge in [-0.2, -0.15) is 4.98 Å². The fourth-order valence-corrected chi connectivity index (χ4v) is 2.47. The molecule has 0 aliphatic heterocycles. The van der Waals surface area contributed by atoms with E-state index in [9.17, 15) is 4.39 Å². The highest BCUT2D eigenvalue weighted by Crippen LogP contribution is 2.27. The number of aromatic nitrogens is 3. The van der Waals surface area contributed by atoms with Crippen molar-refractivity contribution in [2.24, 2.45) is 0 Å². The molecule has 0 saturated carbocycles. The molecule has 0 radical (unpaired) electrons. The SMILES string of the molecule is Nc1cnccc1SCc1noc(-c2ccc(F)cc2)n1. The Bertz CT molecular complexity index is 745. The van der Waals surface area contributed by atoms with Crippen molar-refractivity contribution in [2.75, 3.05) is 5.73 Å². The molecule has 2 aromatic heterocycles.